The van der Waals surface area contributed by atoms with Gasteiger partial charge in [0.15, 0.2) is 0 Å². The second-order valence-corrected chi connectivity index (χ2v) is 2.64. The van der Waals surface area contributed by atoms with E-state index in [1.165, 1.54) is 12.8 Å². The summed E-state index contributed by atoms with van der Waals surface area (Å²) in [6, 6.07) is 0.629. The van der Waals surface area contributed by atoms with Crippen LogP contribution in [0.15, 0.2) is 12.4 Å². The van der Waals surface area contributed by atoms with E-state index in [1.54, 1.807) is 6.20 Å². The molecule has 1 N–H and O–H groups in total. The maximum absolute atomic E-state index is 8.80. The highest BCUT2D eigenvalue weighted by Gasteiger charge is 2.24. The first-order valence-electron chi connectivity index (χ1n) is 3.54. The molecule has 1 aromatic rings. The minimum absolute atomic E-state index is 0.0590. The molecule has 0 unspecified atom stereocenters. The molecule has 54 valence electrons. The summed E-state index contributed by atoms with van der Waals surface area (Å²) in [6.07, 6.45) is 6.15. The van der Waals surface area contributed by atoms with Crippen LogP contribution in [0.1, 0.15) is 24.7 Å². The third-order valence-electron chi connectivity index (χ3n) is 1.83. The van der Waals surface area contributed by atoms with Gasteiger partial charge in [-0.1, -0.05) is 0 Å². The van der Waals surface area contributed by atoms with Crippen LogP contribution in [0, 0.1) is 0 Å². The fourth-order valence-corrected chi connectivity index (χ4v) is 1.15. The molecule has 1 aromatic heterocycles. The summed E-state index contributed by atoms with van der Waals surface area (Å²) in [5, 5.41) is 8.80. The molecule has 1 fully saturated rings. The third kappa shape index (κ3) is 0.827. The van der Waals surface area contributed by atoms with Crippen molar-refractivity contribution in [3.8, 4) is 0 Å². The van der Waals surface area contributed by atoms with E-state index >= 15 is 0 Å². The van der Waals surface area contributed by atoms with E-state index in [1.807, 2.05) is 6.20 Å². The molecule has 0 atom stereocenters. The molecule has 1 heterocycles. The van der Waals surface area contributed by atoms with E-state index in [4.69, 9.17) is 5.11 Å². The lowest BCUT2D eigenvalue weighted by atomic mass is 10.6. The molecule has 0 aromatic carbocycles. The van der Waals surface area contributed by atoms with Gasteiger partial charge in [-0.15, -0.1) is 0 Å². The van der Waals surface area contributed by atoms with Crippen LogP contribution < -0.4 is 0 Å². The minimum atomic E-state index is 0.0590. The van der Waals surface area contributed by atoms with Crippen LogP contribution in [0.25, 0.3) is 0 Å². The predicted molar refractivity (Wildman–Crippen MR) is 36.4 cm³/mol. The number of rotatable bonds is 2. The van der Waals surface area contributed by atoms with Crippen molar-refractivity contribution >= 4 is 0 Å². The fourth-order valence-electron chi connectivity index (χ4n) is 1.15. The molecule has 0 aliphatic heterocycles. The Morgan fingerprint density at radius 2 is 2.50 bits per heavy atom. The Morgan fingerprint density at radius 3 is 3.10 bits per heavy atom. The normalized spacial score (nSPS) is 17.7. The average Bonchev–Trinajstić information content (AvgIpc) is 2.69. The van der Waals surface area contributed by atoms with Crippen LogP contribution in [-0.2, 0) is 6.61 Å². The first kappa shape index (κ1) is 5.92. The average molecular weight is 138 g/mol. The van der Waals surface area contributed by atoms with Gasteiger partial charge in [-0.25, -0.2) is 4.98 Å². The van der Waals surface area contributed by atoms with Crippen LogP contribution in [0.3, 0.4) is 0 Å². The highest BCUT2D eigenvalue weighted by atomic mass is 16.3. The highest BCUT2D eigenvalue weighted by Crippen LogP contribution is 2.35. The van der Waals surface area contributed by atoms with Gasteiger partial charge in [-0.3, -0.25) is 0 Å². The van der Waals surface area contributed by atoms with Gasteiger partial charge in [-0.05, 0) is 12.8 Å². The maximum Gasteiger partial charge on any atom is 0.134 e. The molecule has 2 rings (SSSR count). The molecule has 0 spiro atoms. The summed E-state index contributed by atoms with van der Waals surface area (Å²) in [6.45, 7) is 0.0590. The Labute approximate surface area is 59.3 Å². The van der Waals surface area contributed by atoms with Crippen LogP contribution >= 0.6 is 0 Å². The molecule has 0 bridgehead atoms. The van der Waals surface area contributed by atoms with Gasteiger partial charge in [0.05, 0.1) is 0 Å². The smallest absolute Gasteiger partial charge is 0.134 e. The van der Waals surface area contributed by atoms with E-state index in [0.717, 1.165) is 5.82 Å². The maximum atomic E-state index is 8.80. The van der Waals surface area contributed by atoms with Crippen LogP contribution in [0.4, 0.5) is 0 Å². The van der Waals surface area contributed by atoms with Gasteiger partial charge in [0.25, 0.3) is 0 Å². The van der Waals surface area contributed by atoms with E-state index in [0.29, 0.717) is 6.04 Å². The Morgan fingerprint density at radius 1 is 1.70 bits per heavy atom. The van der Waals surface area contributed by atoms with Crippen molar-refractivity contribution in [1.82, 2.24) is 9.55 Å². The number of aliphatic hydroxyl groups excluding tert-OH is 1. The van der Waals surface area contributed by atoms with Crippen molar-refractivity contribution < 1.29 is 5.11 Å². The summed E-state index contributed by atoms with van der Waals surface area (Å²) in [4.78, 5) is 4.01. The quantitative estimate of drug-likeness (QED) is 0.653. The molecular formula is C7H10N2O. The van der Waals surface area contributed by atoms with Crippen molar-refractivity contribution in [3.63, 3.8) is 0 Å². The summed E-state index contributed by atoms with van der Waals surface area (Å²) >= 11 is 0. The molecule has 0 saturated heterocycles. The van der Waals surface area contributed by atoms with Crippen molar-refractivity contribution in [1.29, 1.82) is 0 Å². The van der Waals surface area contributed by atoms with Crippen molar-refractivity contribution in [2.24, 2.45) is 0 Å². The number of hydrogen-bond donors (Lipinski definition) is 1. The number of imidazole rings is 1. The second-order valence-electron chi connectivity index (χ2n) is 2.64. The summed E-state index contributed by atoms with van der Waals surface area (Å²) in [7, 11) is 0. The number of aromatic nitrogens is 2. The Bertz CT molecular complexity index is 227. The molecule has 3 heteroatoms. The first-order valence-corrected chi connectivity index (χ1v) is 3.54. The molecule has 1 aliphatic carbocycles. The summed E-state index contributed by atoms with van der Waals surface area (Å²) < 4.78 is 2.06. The molecule has 10 heavy (non-hydrogen) atoms. The van der Waals surface area contributed by atoms with Gasteiger partial charge in [-0.2, -0.15) is 0 Å². The second kappa shape index (κ2) is 2.09. The number of aliphatic hydroxyl groups is 1. The van der Waals surface area contributed by atoms with E-state index in [2.05, 4.69) is 9.55 Å². The van der Waals surface area contributed by atoms with Gasteiger partial charge in [0.1, 0.15) is 12.4 Å². The lowest BCUT2D eigenvalue weighted by Gasteiger charge is -2.00. The predicted octanol–water partition coefficient (Wildman–Crippen LogP) is 0.710. The molecule has 0 amide bonds. The SMILES string of the molecule is OCc1nccn1C1CC1. The molecule has 1 saturated carbocycles. The van der Waals surface area contributed by atoms with Crippen molar-refractivity contribution in [2.45, 2.75) is 25.5 Å². The third-order valence-corrected chi connectivity index (χ3v) is 1.83. The number of hydrogen-bond acceptors (Lipinski definition) is 2. The van der Waals surface area contributed by atoms with E-state index in [9.17, 15) is 0 Å². The van der Waals surface area contributed by atoms with Gasteiger partial charge in [0.2, 0.25) is 0 Å². The zero-order valence-electron chi connectivity index (χ0n) is 5.70. The summed E-state index contributed by atoms with van der Waals surface area (Å²) in [5.41, 5.74) is 0. The zero-order chi connectivity index (χ0) is 6.97. The van der Waals surface area contributed by atoms with Gasteiger partial charge >= 0.3 is 0 Å². The van der Waals surface area contributed by atoms with Crippen molar-refractivity contribution in [3.05, 3.63) is 18.2 Å². The largest absolute Gasteiger partial charge is 0.388 e. The zero-order valence-corrected chi connectivity index (χ0v) is 5.70. The van der Waals surface area contributed by atoms with Crippen LogP contribution in [0.2, 0.25) is 0 Å². The van der Waals surface area contributed by atoms with Crippen LogP contribution in [-0.4, -0.2) is 14.7 Å². The van der Waals surface area contributed by atoms with Gasteiger partial charge in [0, 0.05) is 18.4 Å². The Balaban J connectivity index is 2.28. The molecule has 3 nitrogen and oxygen atoms in total. The first-order chi connectivity index (χ1) is 4.92. The van der Waals surface area contributed by atoms with E-state index < -0.39 is 0 Å². The van der Waals surface area contributed by atoms with Crippen LogP contribution in [0.5, 0.6) is 0 Å². The fraction of sp³-hybridized carbons (Fsp3) is 0.571. The lowest BCUT2D eigenvalue weighted by molar-refractivity contribution is 0.265. The molecule has 0 radical (unpaired) electrons. The minimum Gasteiger partial charge on any atom is -0.388 e. The standard InChI is InChI=1S/C7H10N2O/c10-5-7-8-3-4-9(7)6-1-2-6/h3-4,6,10H,1-2,5H2. The summed E-state index contributed by atoms with van der Waals surface area (Å²) in [5.74, 6) is 0.794. The van der Waals surface area contributed by atoms with Crippen molar-refractivity contribution in [2.75, 3.05) is 0 Å². The lowest BCUT2D eigenvalue weighted by Crippen LogP contribution is -1.99. The number of nitrogens with zero attached hydrogens (tertiary/aromatic N) is 2. The Kier molecular flexibility index (Phi) is 1.24. The van der Waals surface area contributed by atoms with Gasteiger partial charge < -0.3 is 9.67 Å². The molecule has 1 aliphatic rings. The monoisotopic (exact) mass is 138 g/mol. The molecular weight excluding hydrogens is 128 g/mol. The highest BCUT2D eigenvalue weighted by molar-refractivity contribution is 4.97. The van der Waals surface area contributed by atoms with E-state index in [-0.39, 0.29) is 6.61 Å². The Hall–Kier alpha value is -0.830. The topological polar surface area (TPSA) is 38.1 Å².